The van der Waals surface area contributed by atoms with Gasteiger partial charge in [-0.3, -0.25) is 4.79 Å². The number of anilines is 1. The van der Waals surface area contributed by atoms with Crippen LogP contribution in [0.1, 0.15) is 25.6 Å². The van der Waals surface area contributed by atoms with E-state index in [2.05, 4.69) is 0 Å². The molecule has 1 aromatic heterocycles. The third-order valence-corrected chi connectivity index (χ3v) is 5.77. The summed E-state index contributed by atoms with van der Waals surface area (Å²) in [6.07, 6.45) is 0. The smallest absolute Gasteiger partial charge is 0.339 e. The van der Waals surface area contributed by atoms with E-state index >= 15 is 0 Å². The highest BCUT2D eigenvalue weighted by molar-refractivity contribution is 7.09. The van der Waals surface area contributed by atoms with Gasteiger partial charge in [-0.2, -0.15) is 0 Å². The predicted molar refractivity (Wildman–Crippen MR) is 121 cm³/mol. The summed E-state index contributed by atoms with van der Waals surface area (Å²) in [6, 6.07) is 15.2. The summed E-state index contributed by atoms with van der Waals surface area (Å²) in [5, 5.41) is 1.92. The Bertz CT molecular complexity index is 1160. The first-order chi connectivity index (χ1) is 16.1. The first-order valence-corrected chi connectivity index (χ1v) is 11.0. The van der Waals surface area contributed by atoms with Gasteiger partial charge >= 0.3 is 11.9 Å². The van der Waals surface area contributed by atoms with Gasteiger partial charge in [-0.05, 0) is 35.7 Å². The van der Waals surface area contributed by atoms with Crippen molar-refractivity contribution in [2.45, 2.75) is 6.54 Å². The van der Waals surface area contributed by atoms with E-state index in [0.29, 0.717) is 36.9 Å². The molecule has 0 aliphatic carbocycles. The lowest BCUT2D eigenvalue weighted by molar-refractivity contribution is -0.121. The van der Waals surface area contributed by atoms with Gasteiger partial charge in [0.15, 0.2) is 18.1 Å². The van der Waals surface area contributed by atoms with Crippen LogP contribution >= 0.6 is 11.3 Å². The molecule has 9 heteroatoms. The van der Waals surface area contributed by atoms with E-state index in [1.165, 1.54) is 35.5 Å². The second kappa shape index (κ2) is 10.2. The van der Waals surface area contributed by atoms with Crippen LogP contribution in [-0.4, -0.2) is 44.8 Å². The monoisotopic (exact) mass is 467 g/mol. The molecule has 1 aliphatic rings. The molecular weight excluding hydrogens is 446 g/mol. The number of thiophene rings is 1. The minimum Gasteiger partial charge on any atom is -0.486 e. The molecule has 8 nitrogen and oxygen atoms in total. The highest BCUT2D eigenvalue weighted by atomic mass is 32.1. The van der Waals surface area contributed by atoms with Crippen molar-refractivity contribution in [1.82, 2.24) is 0 Å². The summed E-state index contributed by atoms with van der Waals surface area (Å²) in [5.74, 6) is -0.720. The molecule has 0 unspecified atom stereocenters. The summed E-state index contributed by atoms with van der Waals surface area (Å²) in [5.41, 5.74) is 0.685. The third-order valence-electron chi connectivity index (χ3n) is 4.91. The molecular formula is C24H21NO7S. The fourth-order valence-electron chi connectivity index (χ4n) is 3.31. The molecule has 0 spiro atoms. The number of methoxy groups -OCH3 is 1. The molecule has 0 saturated carbocycles. The Morgan fingerprint density at radius 2 is 1.67 bits per heavy atom. The molecule has 2 aromatic carbocycles. The minimum absolute atomic E-state index is 0.0290. The number of hydrogen-bond acceptors (Lipinski definition) is 8. The summed E-state index contributed by atoms with van der Waals surface area (Å²) < 4.78 is 21.2. The zero-order valence-corrected chi connectivity index (χ0v) is 18.6. The molecule has 170 valence electrons. The molecule has 0 N–H and O–H groups in total. The highest BCUT2D eigenvalue weighted by Crippen LogP contribution is 2.34. The Morgan fingerprint density at radius 1 is 0.939 bits per heavy atom. The molecule has 3 aromatic rings. The first kappa shape index (κ1) is 22.3. The Labute approximate surface area is 194 Å². The van der Waals surface area contributed by atoms with Crippen LogP contribution in [-0.2, 0) is 20.8 Å². The number of carbonyl (C=O) groups excluding carboxylic acids is 3. The Hall–Kier alpha value is -3.85. The summed E-state index contributed by atoms with van der Waals surface area (Å²) in [6.45, 7) is 0.681. The van der Waals surface area contributed by atoms with Crippen molar-refractivity contribution < 1.29 is 33.3 Å². The van der Waals surface area contributed by atoms with E-state index in [0.717, 1.165) is 4.88 Å². The molecule has 2 heterocycles. The number of carbonyl (C=O) groups is 3. The summed E-state index contributed by atoms with van der Waals surface area (Å²) >= 11 is 1.51. The van der Waals surface area contributed by atoms with Crippen molar-refractivity contribution >= 4 is 34.9 Å². The Balaban J connectivity index is 1.53. The van der Waals surface area contributed by atoms with Crippen LogP contribution in [0.15, 0.2) is 60.0 Å². The van der Waals surface area contributed by atoms with Gasteiger partial charge in [0.2, 0.25) is 0 Å². The van der Waals surface area contributed by atoms with E-state index in [1.807, 2.05) is 17.5 Å². The van der Waals surface area contributed by atoms with Crippen molar-refractivity contribution in [2.24, 2.45) is 0 Å². The highest BCUT2D eigenvalue weighted by Gasteiger charge is 2.23. The summed E-state index contributed by atoms with van der Waals surface area (Å²) in [7, 11) is 1.23. The van der Waals surface area contributed by atoms with E-state index in [1.54, 1.807) is 30.3 Å². The molecule has 4 rings (SSSR count). The predicted octanol–water partition coefficient (Wildman–Crippen LogP) is 3.70. The SMILES string of the molecule is COC(=O)c1ccccc1C(=O)OCC(=O)N(Cc1cccs1)c1ccc2c(c1)OCCO2. The molecule has 33 heavy (non-hydrogen) atoms. The molecule has 0 radical (unpaired) electrons. The van der Waals surface area contributed by atoms with Crippen LogP contribution in [0, 0.1) is 0 Å². The number of ether oxygens (including phenoxy) is 4. The largest absolute Gasteiger partial charge is 0.486 e. The first-order valence-electron chi connectivity index (χ1n) is 10.1. The van der Waals surface area contributed by atoms with Crippen LogP contribution in [0.3, 0.4) is 0 Å². The van der Waals surface area contributed by atoms with Crippen molar-refractivity contribution in [3.8, 4) is 11.5 Å². The van der Waals surface area contributed by atoms with Gasteiger partial charge in [0.05, 0.1) is 24.8 Å². The van der Waals surface area contributed by atoms with Gasteiger partial charge in [0.1, 0.15) is 13.2 Å². The fourth-order valence-corrected chi connectivity index (χ4v) is 4.01. The minimum atomic E-state index is -0.789. The number of nitrogens with zero attached hydrogens (tertiary/aromatic N) is 1. The fraction of sp³-hybridized carbons (Fsp3) is 0.208. The quantitative estimate of drug-likeness (QED) is 0.490. The van der Waals surface area contributed by atoms with E-state index in [9.17, 15) is 14.4 Å². The number of rotatable bonds is 7. The van der Waals surface area contributed by atoms with Crippen molar-refractivity contribution in [2.75, 3.05) is 31.8 Å². The van der Waals surface area contributed by atoms with Crippen LogP contribution in [0.5, 0.6) is 11.5 Å². The number of fused-ring (bicyclic) bond motifs is 1. The lowest BCUT2D eigenvalue weighted by atomic mass is 10.1. The van der Waals surface area contributed by atoms with Gasteiger partial charge in [-0.25, -0.2) is 9.59 Å². The standard InChI is InChI=1S/C24H21NO7S/c1-29-23(27)18-6-2-3-7-19(18)24(28)32-15-22(26)25(14-17-5-4-12-33-17)16-8-9-20-21(13-16)31-11-10-30-20/h2-9,12-13H,10-11,14-15H2,1H3. The Morgan fingerprint density at radius 3 is 2.36 bits per heavy atom. The van der Waals surface area contributed by atoms with Crippen molar-refractivity contribution in [3.05, 3.63) is 76.0 Å². The number of esters is 2. The normalized spacial score (nSPS) is 12.0. The van der Waals surface area contributed by atoms with E-state index < -0.39 is 24.5 Å². The second-order valence-corrected chi connectivity index (χ2v) is 8.03. The molecule has 0 atom stereocenters. The van der Waals surface area contributed by atoms with E-state index in [4.69, 9.17) is 18.9 Å². The maximum Gasteiger partial charge on any atom is 0.339 e. The van der Waals surface area contributed by atoms with Crippen molar-refractivity contribution in [1.29, 1.82) is 0 Å². The topological polar surface area (TPSA) is 91.4 Å². The van der Waals surface area contributed by atoms with Gasteiger partial charge in [-0.1, -0.05) is 18.2 Å². The molecule has 0 bridgehead atoms. The third kappa shape index (κ3) is 5.15. The molecule has 1 amide bonds. The second-order valence-electron chi connectivity index (χ2n) is 7.00. The molecule has 0 fully saturated rings. The average Bonchev–Trinajstić information content (AvgIpc) is 3.38. The summed E-state index contributed by atoms with van der Waals surface area (Å²) in [4.78, 5) is 40.2. The van der Waals surface area contributed by atoms with Gasteiger partial charge in [-0.15, -0.1) is 11.3 Å². The van der Waals surface area contributed by atoms with Crippen LogP contribution in [0.4, 0.5) is 5.69 Å². The van der Waals surface area contributed by atoms with Gasteiger partial charge < -0.3 is 23.8 Å². The van der Waals surface area contributed by atoms with Crippen molar-refractivity contribution in [3.63, 3.8) is 0 Å². The molecule has 0 saturated heterocycles. The van der Waals surface area contributed by atoms with E-state index in [-0.39, 0.29) is 11.1 Å². The molecule has 1 aliphatic heterocycles. The lowest BCUT2D eigenvalue weighted by Crippen LogP contribution is -2.34. The maximum absolute atomic E-state index is 13.1. The van der Waals surface area contributed by atoms with Gasteiger partial charge in [0.25, 0.3) is 5.91 Å². The number of amides is 1. The van der Waals surface area contributed by atoms with Crippen LogP contribution in [0.25, 0.3) is 0 Å². The van der Waals surface area contributed by atoms with Crippen LogP contribution < -0.4 is 14.4 Å². The lowest BCUT2D eigenvalue weighted by Gasteiger charge is -2.25. The zero-order valence-electron chi connectivity index (χ0n) is 17.8. The maximum atomic E-state index is 13.1. The Kier molecular flexibility index (Phi) is 6.89. The zero-order chi connectivity index (χ0) is 23.2. The number of hydrogen-bond donors (Lipinski definition) is 0. The average molecular weight is 467 g/mol. The number of benzene rings is 2. The van der Waals surface area contributed by atoms with Crippen LogP contribution in [0.2, 0.25) is 0 Å². The van der Waals surface area contributed by atoms with Gasteiger partial charge in [0, 0.05) is 16.6 Å².